The van der Waals surface area contributed by atoms with Gasteiger partial charge < -0.3 is 10.1 Å². The van der Waals surface area contributed by atoms with Gasteiger partial charge in [-0.1, -0.05) is 36.5 Å². The summed E-state index contributed by atoms with van der Waals surface area (Å²) in [4.78, 5) is 0. The zero-order valence-electron chi connectivity index (χ0n) is 11.2. The van der Waals surface area contributed by atoms with Crippen molar-refractivity contribution >= 4 is 23.2 Å². The van der Waals surface area contributed by atoms with Crippen LogP contribution in [0.1, 0.15) is 31.7 Å². The summed E-state index contributed by atoms with van der Waals surface area (Å²) in [6.45, 7) is 5.06. The van der Waals surface area contributed by atoms with E-state index in [1.165, 1.54) is 0 Å². The van der Waals surface area contributed by atoms with E-state index in [0.717, 1.165) is 37.1 Å². The molecule has 0 bridgehead atoms. The lowest BCUT2D eigenvalue weighted by atomic mass is 10.1. The minimum atomic E-state index is 0.194. The van der Waals surface area contributed by atoms with Gasteiger partial charge in [-0.2, -0.15) is 0 Å². The van der Waals surface area contributed by atoms with Gasteiger partial charge in [0.05, 0.1) is 11.1 Å². The van der Waals surface area contributed by atoms with Crippen molar-refractivity contribution in [2.75, 3.05) is 13.6 Å². The van der Waals surface area contributed by atoms with Gasteiger partial charge in [0, 0.05) is 5.02 Å². The second kappa shape index (κ2) is 7.88. The summed E-state index contributed by atoms with van der Waals surface area (Å²) in [6.07, 6.45) is 3.29. The van der Waals surface area contributed by atoms with E-state index in [9.17, 15) is 0 Å². The molecule has 1 N–H and O–H groups in total. The zero-order chi connectivity index (χ0) is 13.5. The summed E-state index contributed by atoms with van der Waals surface area (Å²) in [5.74, 6) is 0.760. The smallest absolute Gasteiger partial charge is 0.141 e. The van der Waals surface area contributed by atoms with Crippen LogP contribution < -0.4 is 10.1 Å². The predicted octanol–water partition coefficient (Wildman–Crippen LogP) is 4.46. The zero-order valence-corrected chi connectivity index (χ0v) is 12.7. The molecule has 4 heteroatoms. The Morgan fingerprint density at radius 1 is 1.28 bits per heavy atom. The maximum Gasteiger partial charge on any atom is 0.141 e. The normalized spacial score (nSPS) is 12.5. The van der Waals surface area contributed by atoms with Crippen molar-refractivity contribution in [1.82, 2.24) is 5.32 Å². The number of halogens is 2. The molecule has 1 rings (SSSR count). The van der Waals surface area contributed by atoms with Crippen LogP contribution in [0.15, 0.2) is 12.1 Å². The first-order chi connectivity index (χ1) is 8.58. The van der Waals surface area contributed by atoms with Gasteiger partial charge in [-0.15, -0.1) is 0 Å². The largest absolute Gasteiger partial charge is 0.489 e. The second-order valence-electron chi connectivity index (χ2n) is 4.45. The lowest BCUT2D eigenvalue weighted by Gasteiger charge is -2.21. The molecule has 0 amide bonds. The third kappa shape index (κ3) is 4.68. The summed E-state index contributed by atoms with van der Waals surface area (Å²) < 4.78 is 6.04. The van der Waals surface area contributed by atoms with Crippen LogP contribution in [0.3, 0.4) is 0 Å². The van der Waals surface area contributed by atoms with Crippen molar-refractivity contribution in [2.45, 2.75) is 39.2 Å². The number of ether oxygens (including phenoxy) is 1. The van der Waals surface area contributed by atoms with Crippen LogP contribution in [-0.4, -0.2) is 19.7 Å². The van der Waals surface area contributed by atoms with E-state index in [0.29, 0.717) is 10.0 Å². The lowest BCUT2D eigenvalue weighted by Crippen LogP contribution is -2.22. The maximum absolute atomic E-state index is 6.19. The highest BCUT2D eigenvalue weighted by Crippen LogP contribution is 2.33. The molecular formula is C14H21Cl2NO. The van der Waals surface area contributed by atoms with Gasteiger partial charge in [0.15, 0.2) is 0 Å². The van der Waals surface area contributed by atoms with E-state index in [1.54, 1.807) is 6.07 Å². The van der Waals surface area contributed by atoms with Crippen LogP contribution in [0.5, 0.6) is 5.75 Å². The highest BCUT2D eigenvalue weighted by molar-refractivity contribution is 6.35. The summed E-state index contributed by atoms with van der Waals surface area (Å²) in [7, 11) is 1.95. The minimum Gasteiger partial charge on any atom is -0.489 e. The Bertz CT molecular complexity index is 359. The van der Waals surface area contributed by atoms with Crippen LogP contribution in [0.25, 0.3) is 0 Å². The fourth-order valence-electron chi connectivity index (χ4n) is 1.89. The van der Waals surface area contributed by atoms with Crippen molar-refractivity contribution in [3.63, 3.8) is 0 Å². The summed E-state index contributed by atoms with van der Waals surface area (Å²) in [5.41, 5.74) is 0.984. The van der Waals surface area contributed by atoms with E-state index in [1.807, 2.05) is 20.0 Å². The van der Waals surface area contributed by atoms with Crippen molar-refractivity contribution in [2.24, 2.45) is 0 Å². The first-order valence-electron chi connectivity index (χ1n) is 6.35. The molecule has 0 radical (unpaired) electrons. The molecular weight excluding hydrogens is 269 g/mol. The van der Waals surface area contributed by atoms with Crippen LogP contribution in [-0.2, 0) is 0 Å². The quantitative estimate of drug-likeness (QED) is 0.800. The molecule has 18 heavy (non-hydrogen) atoms. The Labute approximate surface area is 120 Å². The molecule has 0 aromatic heterocycles. The average Bonchev–Trinajstić information content (AvgIpc) is 2.30. The van der Waals surface area contributed by atoms with E-state index in [4.69, 9.17) is 27.9 Å². The third-order valence-corrected chi connectivity index (χ3v) is 3.30. The molecule has 1 aromatic carbocycles. The molecule has 0 aliphatic heterocycles. The Kier molecular flexibility index (Phi) is 6.83. The van der Waals surface area contributed by atoms with Gasteiger partial charge in [0.1, 0.15) is 5.75 Å². The number of benzene rings is 1. The molecule has 0 saturated carbocycles. The Morgan fingerprint density at radius 2 is 2.00 bits per heavy atom. The van der Waals surface area contributed by atoms with Crippen molar-refractivity contribution < 1.29 is 4.74 Å². The Balaban J connectivity index is 2.79. The topological polar surface area (TPSA) is 21.3 Å². The van der Waals surface area contributed by atoms with Gasteiger partial charge in [0.25, 0.3) is 0 Å². The molecule has 2 nitrogen and oxygen atoms in total. The van der Waals surface area contributed by atoms with Gasteiger partial charge in [-0.3, -0.25) is 0 Å². The van der Waals surface area contributed by atoms with Crippen LogP contribution in [0, 0.1) is 6.92 Å². The molecule has 0 aliphatic rings. The van der Waals surface area contributed by atoms with Crippen LogP contribution >= 0.6 is 23.2 Å². The summed E-state index contributed by atoms with van der Waals surface area (Å²) in [6, 6.07) is 3.61. The van der Waals surface area contributed by atoms with Crippen molar-refractivity contribution in [3.8, 4) is 5.75 Å². The average molecular weight is 290 g/mol. The SMILES string of the molecule is CCCC(CCNC)Oc1c(C)cc(Cl)cc1Cl. The fraction of sp³-hybridized carbons (Fsp3) is 0.571. The van der Waals surface area contributed by atoms with Gasteiger partial charge >= 0.3 is 0 Å². The first-order valence-corrected chi connectivity index (χ1v) is 7.11. The standard InChI is InChI=1S/C14H21Cl2NO/c1-4-5-12(6-7-17-3)18-14-10(2)8-11(15)9-13(14)16/h8-9,12,17H,4-7H2,1-3H3. The highest BCUT2D eigenvalue weighted by atomic mass is 35.5. The number of nitrogens with one attached hydrogen (secondary N) is 1. The summed E-state index contributed by atoms with van der Waals surface area (Å²) in [5, 5.41) is 4.38. The van der Waals surface area contributed by atoms with Gasteiger partial charge in [0.2, 0.25) is 0 Å². The van der Waals surface area contributed by atoms with E-state index < -0.39 is 0 Å². The van der Waals surface area contributed by atoms with Crippen LogP contribution in [0.4, 0.5) is 0 Å². The molecule has 0 spiro atoms. The number of rotatable bonds is 7. The molecule has 102 valence electrons. The molecule has 0 aliphatic carbocycles. The van der Waals surface area contributed by atoms with Gasteiger partial charge in [-0.25, -0.2) is 0 Å². The van der Waals surface area contributed by atoms with Gasteiger partial charge in [-0.05, 0) is 51.1 Å². The number of hydrogen-bond donors (Lipinski definition) is 1. The third-order valence-electron chi connectivity index (χ3n) is 2.81. The predicted molar refractivity (Wildman–Crippen MR) is 79.1 cm³/mol. The van der Waals surface area contributed by atoms with Crippen molar-refractivity contribution in [1.29, 1.82) is 0 Å². The molecule has 1 atom stereocenters. The highest BCUT2D eigenvalue weighted by Gasteiger charge is 2.14. The van der Waals surface area contributed by atoms with E-state index in [-0.39, 0.29) is 6.10 Å². The van der Waals surface area contributed by atoms with Crippen LogP contribution in [0.2, 0.25) is 10.0 Å². The maximum atomic E-state index is 6.19. The molecule has 0 heterocycles. The lowest BCUT2D eigenvalue weighted by molar-refractivity contribution is 0.179. The minimum absolute atomic E-state index is 0.194. The fourth-order valence-corrected chi connectivity index (χ4v) is 2.53. The van der Waals surface area contributed by atoms with E-state index in [2.05, 4.69) is 12.2 Å². The number of hydrogen-bond acceptors (Lipinski definition) is 2. The van der Waals surface area contributed by atoms with Crippen molar-refractivity contribution in [3.05, 3.63) is 27.7 Å². The molecule has 1 unspecified atom stereocenters. The monoisotopic (exact) mass is 289 g/mol. The van der Waals surface area contributed by atoms with E-state index >= 15 is 0 Å². The number of aryl methyl sites for hydroxylation is 1. The molecule has 0 saturated heterocycles. The molecule has 1 aromatic rings. The summed E-state index contributed by atoms with van der Waals surface area (Å²) >= 11 is 12.1. The Hall–Kier alpha value is -0.440. The molecule has 0 fully saturated rings. The Morgan fingerprint density at radius 3 is 2.56 bits per heavy atom. The second-order valence-corrected chi connectivity index (χ2v) is 5.30. The first kappa shape index (κ1) is 15.6.